The van der Waals surface area contributed by atoms with Crippen molar-refractivity contribution in [3.8, 4) is 0 Å². The molecule has 0 aliphatic heterocycles. The van der Waals surface area contributed by atoms with E-state index in [2.05, 4.69) is 15.6 Å². The van der Waals surface area contributed by atoms with Crippen molar-refractivity contribution in [1.82, 2.24) is 10.3 Å². The predicted octanol–water partition coefficient (Wildman–Crippen LogP) is 2.72. The van der Waals surface area contributed by atoms with Gasteiger partial charge in [-0.25, -0.2) is 0 Å². The van der Waals surface area contributed by atoms with Gasteiger partial charge < -0.3 is 10.6 Å². The van der Waals surface area contributed by atoms with Gasteiger partial charge >= 0.3 is 0 Å². The van der Waals surface area contributed by atoms with Gasteiger partial charge in [0.1, 0.15) is 0 Å². The van der Waals surface area contributed by atoms with Crippen molar-refractivity contribution in [1.29, 1.82) is 0 Å². The quantitative estimate of drug-likeness (QED) is 0.892. The molecule has 3 rings (SSSR count). The van der Waals surface area contributed by atoms with Crippen molar-refractivity contribution in [2.75, 3.05) is 5.32 Å². The number of hydrogen-bond acceptors (Lipinski definition) is 3. The summed E-state index contributed by atoms with van der Waals surface area (Å²) in [5.41, 5.74) is 1.46. The van der Waals surface area contributed by atoms with Crippen molar-refractivity contribution < 1.29 is 9.59 Å². The smallest absolute Gasteiger partial charge is 0.228 e. The fourth-order valence-corrected chi connectivity index (χ4v) is 2.66. The molecule has 0 radical (unpaired) electrons. The van der Waals surface area contributed by atoms with Gasteiger partial charge in [0.25, 0.3) is 0 Å². The maximum absolute atomic E-state index is 12.4. The Bertz CT molecular complexity index is 739. The second-order valence-electron chi connectivity index (χ2n) is 6.14. The van der Waals surface area contributed by atoms with Crippen molar-refractivity contribution in [3.05, 3.63) is 36.5 Å². The molecule has 1 aliphatic rings. The third kappa shape index (κ3) is 3.33. The molecule has 5 nitrogen and oxygen atoms in total. The monoisotopic (exact) mass is 311 g/mol. The number of pyridine rings is 1. The van der Waals surface area contributed by atoms with E-state index in [0.717, 1.165) is 17.3 Å². The van der Waals surface area contributed by atoms with Crippen molar-refractivity contribution in [3.63, 3.8) is 0 Å². The molecule has 5 heteroatoms. The van der Waals surface area contributed by atoms with E-state index in [1.54, 1.807) is 6.20 Å². The molecule has 2 N–H and O–H groups in total. The Labute approximate surface area is 135 Å². The third-order valence-electron chi connectivity index (χ3n) is 4.36. The number of fused-ring (bicyclic) bond motifs is 1. The van der Waals surface area contributed by atoms with Crippen LogP contribution in [0.1, 0.15) is 26.7 Å². The zero-order valence-electron chi connectivity index (χ0n) is 13.4. The number of carbonyl (C=O) groups is 2. The normalized spacial score (nSPS) is 20.8. The van der Waals surface area contributed by atoms with Crippen LogP contribution in [-0.4, -0.2) is 22.8 Å². The molecule has 2 amide bonds. The summed E-state index contributed by atoms with van der Waals surface area (Å²) in [6, 6.07) is 9.65. The first kappa shape index (κ1) is 15.5. The average Bonchev–Trinajstić information content (AvgIpc) is 3.36. The lowest BCUT2D eigenvalue weighted by atomic mass is 10.2. The summed E-state index contributed by atoms with van der Waals surface area (Å²) >= 11 is 0. The minimum absolute atomic E-state index is 0.0180. The molecule has 1 saturated carbocycles. The lowest BCUT2D eigenvalue weighted by Crippen LogP contribution is -2.34. The van der Waals surface area contributed by atoms with E-state index in [0.29, 0.717) is 12.1 Å². The molecule has 1 aromatic carbocycles. The molecule has 1 fully saturated rings. The van der Waals surface area contributed by atoms with E-state index < -0.39 is 0 Å². The molecule has 3 unspecified atom stereocenters. The average molecular weight is 311 g/mol. The molecule has 120 valence electrons. The van der Waals surface area contributed by atoms with E-state index >= 15 is 0 Å². The number of anilines is 1. The maximum Gasteiger partial charge on any atom is 0.228 e. The van der Waals surface area contributed by atoms with Gasteiger partial charge in [0.05, 0.1) is 23.0 Å². The molecule has 3 atom stereocenters. The van der Waals surface area contributed by atoms with Gasteiger partial charge in [0.2, 0.25) is 11.8 Å². The van der Waals surface area contributed by atoms with E-state index in [-0.39, 0.29) is 29.7 Å². The number of benzene rings is 1. The Morgan fingerprint density at radius 1 is 1.22 bits per heavy atom. The Kier molecular flexibility index (Phi) is 4.28. The van der Waals surface area contributed by atoms with Crippen LogP contribution in [0, 0.1) is 11.8 Å². The lowest BCUT2D eigenvalue weighted by molar-refractivity contribution is -0.125. The summed E-state index contributed by atoms with van der Waals surface area (Å²) in [7, 11) is 0. The van der Waals surface area contributed by atoms with E-state index in [1.165, 1.54) is 0 Å². The molecule has 1 aromatic heterocycles. The second-order valence-corrected chi connectivity index (χ2v) is 6.14. The van der Waals surface area contributed by atoms with Crippen LogP contribution in [-0.2, 0) is 9.59 Å². The van der Waals surface area contributed by atoms with E-state index in [1.807, 2.05) is 44.2 Å². The van der Waals surface area contributed by atoms with Gasteiger partial charge in [-0.1, -0.05) is 25.1 Å². The zero-order chi connectivity index (χ0) is 16.4. The van der Waals surface area contributed by atoms with Crippen LogP contribution in [0.3, 0.4) is 0 Å². The first-order valence-electron chi connectivity index (χ1n) is 8.05. The minimum Gasteiger partial charge on any atom is -0.353 e. The van der Waals surface area contributed by atoms with Crippen LogP contribution in [0.25, 0.3) is 10.9 Å². The van der Waals surface area contributed by atoms with Gasteiger partial charge in [-0.05, 0) is 31.9 Å². The SMILES string of the molecule is CCC(C)NC(=O)C1CC1C(=O)Nc1cccc2cccnc12. The maximum atomic E-state index is 12.4. The van der Waals surface area contributed by atoms with Crippen LogP contribution in [0.15, 0.2) is 36.5 Å². The topological polar surface area (TPSA) is 71.1 Å². The number of rotatable bonds is 5. The first-order valence-corrected chi connectivity index (χ1v) is 8.05. The fourth-order valence-electron chi connectivity index (χ4n) is 2.66. The highest BCUT2D eigenvalue weighted by Gasteiger charge is 2.48. The van der Waals surface area contributed by atoms with Crippen molar-refractivity contribution >= 4 is 28.4 Å². The molecule has 0 spiro atoms. The summed E-state index contributed by atoms with van der Waals surface area (Å²) in [5.74, 6) is -0.562. The lowest BCUT2D eigenvalue weighted by Gasteiger charge is -2.11. The summed E-state index contributed by atoms with van der Waals surface area (Å²) in [6.07, 6.45) is 3.21. The molecule has 23 heavy (non-hydrogen) atoms. The third-order valence-corrected chi connectivity index (χ3v) is 4.36. The zero-order valence-corrected chi connectivity index (χ0v) is 13.4. The highest BCUT2D eigenvalue weighted by Crippen LogP contribution is 2.40. The Morgan fingerprint density at radius 3 is 2.74 bits per heavy atom. The number of amides is 2. The highest BCUT2D eigenvalue weighted by atomic mass is 16.2. The summed E-state index contributed by atoms with van der Waals surface area (Å²) < 4.78 is 0. The molecular formula is C18H21N3O2. The van der Waals surface area contributed by atoms with Crippen LogP contribution in [0.4, 0.5) is 5.69 Å². The Morgan fingerprint density at radius 2 is 1.96 bits per heavy atom. The highest BCUT2D eigenvalue weighted by molar-refractivity contribution is 6.04. The van der Waals surface area contributed by atoms with Crippen molar-refractivity contribution in [2.24, 2.45) is 11.8 Å². The molecule has 2 aromatic rings. The van der Waals surface area contributed by atoms with Gasteiger partial charge in [0.15, 0.2) is 0 Å². The summed E-state index contributed by atoms with van der Waals surface area (Å²) in [6.45, 7) is 3.99. The van der Waals surface area contributed by atoms with Crippen molar-refractivity contribution in [2.45, 2.75) is 32.7 Å². The van der Waals surface area contributed by atoms with Crippen LogP contribution < -0.4 is 10.6 Å². The largest absolute Gasteiger partial charge is 0.353 e. The Hall–Kier alpha value is -2.43. The number of hydrogen-bond donors (Lipinski definition) is 2. The number of para-hydroxylation sites is 1. The Balaban J connectivity index is 1.65. The van der Waals surface area contributed by atoms with Gasteiger partial charge in [0, 0.05) is 17.6 Å². The first-order chi connectivity index (χ1) is 11.1. The van der Waals surface area contributed by atoms with Gasteiger partial charge in [-0.3, -0.25) is 14.6 Å². The number of nitrogens with zero attached hydrogens (tertiary/aromatic N) is 1. The van der Waals surface area contributed by atoms with E-state index in [9.17, 15) is 9.59 Å². The van der Waals surface area contributed by atoms with Crippen LogP contribution in [0.5, 0.6) is 0 Å². The molecular weight excluding hydrogens is 290 g/mol. The fraction of sp³-hybridized carbons (Fsp3) is 0.389. The standard InChI is InChI=1S/C18H21N3O2/c1-3-11(2)20-17(22)13-10-14(13)18(23)21-15-8-4-6-12-7-5-9-19-16(12)15/h4-9,11,13-14H,3,10H2,1-2H3,(H,20,22)(H,21,23). The molecule has 1 heterocycles. The summed E-state index contributed by atoms with van der Waals surface area (Å²) in [5, 5.41) is 6.83. The van der Waals surface area contributed by atoms with Gasteiger partial charge in [-0.15, -0.1) is 0 Å². The second kappa shape index (κ2) is 6.36. The molecule has 0 bridgehead atoms. The van der Waals surface area contributed by atoms with Crippen LogP contribution >= 0.6 is 0 Å². The minimum atomic E-state index is -0.238. The van der Waals surface area contributed by atoms with E-state index in [4.69, 9.17) is 0 Å². The van der Waals surface area contributed by atoms with Gasteiger partial charge in [-0.2, -0.15) is 0 Å². The number of aromatic nitrogens is 1. The number of carbonyl (C=O) groups excluding carboxylic acids is 2. The molecule has 0 saturated heterocycles. The number of nitrogens with one attached hydrogen (secondary N) is 2. The van der Waals surface area contributed by atoms with Crippen LogP contribution in [0.2, 0.25) is 0 Å². The predicted molar refractivity (Wildman–Crippen MR) is 89.9 cm³/mol. The summed E-state index contributed by atoms with van der Waals surface area (Å²) in [4.78, 5) is 28.7. The molecule has 1 aliphatic carbocycles.